The topological polar surface area (TPSA) is 81.7 Å². The Hall–Kier alpha value is -3.61. The second-order valence-electron chi connectivity index (χ2n) is 9.18. The number of hydrogen-bond donors (Lipinski definition) is 1. The van der Waals surface area contributed by atoms with E-state index in [0.29, 0.717) is 0 Å². The molecule has 3 heterocycles. The summed E-state index contributed by atoms with van der Waals surface area (Å²) < 4.78 is 12.8. The number of nitrogens with zero attached hydrogens (tertiary/aromatic N) is 3. The van der Waals surface area contributed by atoms with E-state index >= 15 is 0 Å². The first-order valence-electron chi connectivity index (χ1n) is 11.1. The molecule has 0 aliphatic rings. The summed E-state index contributed by atoms with van der Waals surface area (Å²) in [7, 11) is 0. The van der Waals surface area contributed by atoms with Gasteiger partial charge >= 0.3 is 5.97 Å². The first kappa shape index (κ1) is 22.6. The zero-order chi connectivity index (χ0) is 23.6. The van der Waals surface area contributed by atoms with Gasteiger partial charge in [0, 0.05) is 11.8 Å². The summed E-state index contributed by atoms with van der Waals surface area (Å²) in [5.74, 6) is 1.27. The molecule has 7 nitrogen and oxygen atoms in total. The van der Waals surface area contributed by atoms with Crippen molar-refractivity contribution < 1.29 is 14.1 Å². The summed E-state index contributed by atoms with van der Waals surface area (Å²) in [5, 5.41) is 7.34. The van der Waals surface area contributed by atoms with Crippen LogP contribution in [0.5, 0.6) is 0 Å². The van der Waals surface area contributed by atoms with Crippen LogP contribution in [0.1, 0.15) is 43.5 Å². The Morgan fingerprint density at radius 2 is 1.88 bits per heavy atom. The maximum Gasteiger partial charge on any atom is 0.325 e. The van der Waals surface area contributed by atoms with E-state index in [9.17, 15) is 4.79 Å². The number of nitrogens with one attached hydrogen (secondary N) is 1. The third-order valence-corrected chi connectivity index (χ3v) is 5.33. The Bertz CT molecular complexity index is 1250. The minimum Gasteiger partial charge on any atom is -0.459 e. The molecule has 0 saturated carbocycles. The number of hydrogen-bond acceptors (Lipinski definition) is 6. The number of esters is 1. The lowest BCUT2D eigenvalue weighted by atomic mass is 10.1. The molecule has 3 aromatic heterocycles. The number of rotatable bonds is 7. The Balaban J connectivity index is 1.66. The predicted molar refractivity (Wildman–Crippen MR) is 128 cm³/mol. The van der Waals surface area contributed by atoms with Crippen LogP contribution in [0.4, 0.5) is 5.82 Å². The minimum absolute atomic E-state index is 0.0645. The fourth-order valence-electron chi connectivity index (χ4n) is 3.95. The highest BCUT2D eigenvalue weighted by atomic mass is 16.6. The van der Waals surface area contributed by atoms with Gasteiger partial charge in [-0.3, -0.25) is 9.20 Å². The Morgan fingerprint density at radius 3 is 2.55 bits per heavy atom. The molecule has 0 saturated heterocycles. The van der Waals surface area contributed by atoms with Crippen molar-refractivity contribution >= 4 is 17.4 Å². The molecular weight excluding hydrogens is 416 g/mol. The number of anilines is 1. The van der Waals surface area contributed by atoms with Gasteiger partial charge in [-0.1, -0.05) is 35.5 Å². The molecule has 7 heteroatoms. The monoisotopic (exact) mass is 446 g/mol. The molecule has 4 aromatic rings. The molecule has 1 N–H and O–H groups in total. The Labute approximate surface area is 193 Å². The summed E-state index contributed by atoms with van der Waals surface area (Å²) in [6.07, 6.45) is 3.55. The Morgan fingerprint density at radius 1 is 1.12 bits per heavy atom. The molecule has 0 amide bonds. The zero-order valence-electron chi connectivity index (χ0n) is 19.8. The van der Waals surface area contributed by atoms with E-state index in [1.165, 1.54) is 5.56 Å². The van der Waals surface area contributed by atoms with Gasteiger partial charge in [0.25, 0.3) is 0 Å². The van der Waals surface area contributed by atoms with Gasteiger partial charge in [-0.25, -0.2) is 4.98 Å². The molecule has 0 aliphatic carbocycles. The molecule has 0 spiro atoms. The van der Waals surface area contributed by atoms with E-state index in [-0.39, 0.29) is 12.5 Å². The number of benzene rings is 1. The second-order valence-corrected chi connectivity index (χ2v) is 9.18. The molecule has 0 radical (unpaired) electrons. The number of carbonyl (C=O) groups is 1. The largest absolute Gasteiger partial charge is 0.459 e. The summed E-state index contributed by atoms with van der Waals surface area (Å²) in [6.45, 7) is 9.49. The molecule has 0 atom stereocenters. The van der Waals surface area contributed by atoms with E-state index in [1.54, 1.807) is 0 Å². The quantitative estimate of drug-likeness (QED) is 0.396. The highest BCUT2D eigenvalue weighted by Gasteiger charge is 2.19. The first-order valence-corrected chi connectivity index (χ1v) is 11.1. The van der Waals surface area contributed by atoms with Crippen LogP contribution in [0.25, 0.3) is 16.8 Å². The van der Waals surface area contributed by atoms with Crippen molar-refractivity contribution in [1.29, 1.82) is 0 Å². The maximum absolute atomic E-state index is 12.3. The maximum atomic E-state index is 12.3. The molecule has 0 unspecified atom stereocenters. The molecular formula is C26H30N4O3. The number of aromatic nitrogens is 3. The molecule has 0 bridgehead atoms. The average molecular weight is 447 g/mol. The van der Waals surface area contributed by atoms with Crippen molar-refractivity contribution in [2.24, 2.45) is 0 Å². The van der Waals surface area contributed by atoms with Crippen LogP contribution in [0.15, 0.2) is 53.2 Å². The zero-order valence-corrected chi connectivity index (χ0v) is 19.8. The van der Waals surface area contributed by atoms with Crippen molar-refractivity contribution in [3.63, 3.8) is 0 Å². The summed E-state index contributed by atoms with van der Waals surface area (Å²) in [5.41, 5.74) is 5.23. The Kier molecular flexibility index (Phi) is 6.22. The summed E-state index contributed by atoms with van der Waals surface area (Å²) in [4.78, 5) is 17.2. The predicted octanol–water partition coefficient (Wildman–Crippen LogP) is 5.14. The highest BCUT2D eigenvalue weighted by Crippen LogP contribution is 2.29. The van der Waals surface area contributed by atoms with Crippen LogP contribution in [-0.2, 0) is 22.4 Å². The number of imidazole rings is 1. The van der Waals surface area contributed by atoms with E-state index in [4.69, 9.17) is 14.2 Å². The number of pyridine rings is 1. The van der Waals surface area contributed by atoms with Gasteiger partial charge in [-0.2, -0.15) is 0 Å². The van der Waals surface area contributed by atoms with Crippen molar-refractivity contribution in [1.82, 2.24) is 14.5 Å². The molecule has 0 fully saturated rings. The lowest BCUT2D eigenvalue weighted by Gasteiger charge is -2.19. The van der Waals surface area contributed by atoms with Crippen LogP contribution in [0.3, 0.4) is 0 Å². The van der Waals surface area contributed by atoms with Gasteiger partial charge in [-0.15, -0.1) is 0 Å². The molecule has 0 aliphatic heterocycles. The van der Waals surface area contributed by atoms with Gasteiger partial charge in [0.1, 0.15) is 29.4 Å². The SMILES string of the molecule is Cc1noc(C)c1-c1ccn2c(NCC(=O)OC(C)(C)C)c(CCc3ccccc3)nc2c1. The fraction of sp³-hybridized carbons (Fsp3) is 0.346. The van der Waals surface area contributed by atoms with Gasteiger partial charge in [0.15, 0.2) is 0 Å². The van der Waals surface area contributed by atoms with Crippen molar-refractivity contribution in [3.8, 4) is 11.1 Å². The lowest BCUT2D eigenvalue weighted by molar-refractivity contribution is -0.152. The molecule has 4 rings (SSSR count). The highest BCUT2D eigenvalue weighted by molar-refractivity contribution is 5.76. The van der Waals surface area contributed by atoms with Gasteiger partial charge in [-0.05, 0) is 70.7 Å². The van der Waals surface area contributed by atoms with Crippen LogP contribution in [0, 0.1) is 13.8 Å². The van der Waals surface area contributed by atoms with Gasteiger partial charge in [0.05, 0.1) is 11.4 Å². The van der Waals surface area contributed by atoms with Gasteiger partial charge in [0.2, 0.25) is 0 Å². The van der Waals surface area contributed by atoms with E-state index in [1.807, 2.05) is 75.5 Å². The van der Waals surface area contributed by atoms with Crippen LogP contribution in [0.2, 0.25) is 0 Å². The van der Waals surface area contributed by atoms with Crippen molar-refractivity contribution in [2.45, 2.75) is 53.1 Å². The van der Waals surface area contributed by atoms with E-state index in [0.717, 1.165) is 52.6 Å². The third-order valence-electron chi connectivity index (χ3n) is 5.33. The van der Waals surface area contributed by atoms with Crippen molar-refractivity contribution in [2.75, 3.05) is 11.9 Å². The normalized spacial score (nSPS) is 11.7. The molecule has 1 aromatic carbocycles. The number of carbonyl (C=O) groups excluding carboxylic acids is 1. The smallest absolute Gasteiger partial charge is 0.325 e. The van der Waals surface area contributed by atoms with Crippen LogP contribution >= 0.6 is 0 Å². The van der Waals surface area contributed by atoms with Crippen molar-refractivity contribution in [3.05, 3.63) is 71.4 Å². The second kappa shape index (κ2) is 9.10. The number of aryl methyl sites for hydroxylation is 4. The fourth-order valence-corrected chi connectivity index (χ4v) is 3.95. The van der Waals surface area contributed by atoms with Gasteiger partial charge < -0.3 is 14.6 Å². The standard InChI is InChI=1S/C26H30N4O3/c1-17-24(18(2)33-29-17)20-13-14-30-22(15-20)28-21(12-11-19-9-7-6-8-10-19)25(30)27-16-23(31)32-26(3,4)5/h6-10,13-15,27H,11-12,16H2,1-5H3. The number of fused-ring (bicyclic) bond motifs is 1. The summed E-state index contributed by atoms with van der Waals surface area (Å²) in [6, 6.07) is 14.3. The van der Waals surface area contributed by atoms with E-state index < -0.39 is 5.60 Å². The first-order chi connectivity index (χ1) is 15.7. The molecule has 33 heavy (non-hydrogen) atoms. The lowest BCUT2D eigenvalue weighted by Crippen LogP contribution is -2.28. The molecule has 172 valence electrons. The third kappa shape index (κ3) is 5.25. The number of ether oxygens (including phenoxy) is 1. The van der Waals surface area contributed by atoms with Crippen LogP contribution < -0.4 is 5.32 Å². The summed E-state index contributed by atoms with van der Waals surface area (Å²) >= 11 is 0. The average Bonchev–Trinajstić information content (AvgIpc) is 3.28. The van der Waals surface area contributed by atoms with E-state index in [2.05, 4.69) is 22.6 Å². The van der Waals surface area contributed by atoms with Crippen LogP contribution in [-0.4, -0.2) is 32.7 Å². The minimum atomic E-state index is -0.530.